The van der Waals surface area contributed by atoms with E-state index in [-0.39, 0.29) is 38.8 Å². The minimum absolute atomic E-state index is 0.0275. The van der Waals surface area contributed by atoms with Crippen LogP contribution in [0.2, 0.25) is 5.02 Å². The summed E-state index contributed by atoms with van der Waals surface area (Å²) in [7, 11) is 1.45. The first kappa shape index (κ1) is 30.1. The fraction of sp³-hybridized carbons (Fsp3) is 0.321. The van der Waals surface area contributed by atoms with Crippen molar-refractivity contribution in [2.75, 3.05) is 0 Å². The van der Waals surface area contributed by atoms with Gasteiger partial charge in [0, 0.05) is 41.5 Å². The highest BCUT2D eigenvalue weighted by Crippen LogP contribution is 2.40. The first-order chi connectivity index (χ1) is 18.8. The van der Waals surface area contributed by atoms with E-state index in [0.29, 0.717) is 16.7 Å². The molecule has 0 aliphatic carbocycles. The van der Waals surface area contributed by atoms with Gasteiger partial charge in [0.15, 0.2) is 5.75 Å². The smallest absolute Gasteiger partial charge is 0.410 e. The third-order valence-electron chi connectivity index (χ3n) is 6.58. The number of rotatable bonds is 6. The van der Waals surface area contributed by atoms with Crippen molar-refractivity contribution in [3.05, 3.63) is 74.7 Å². The van der Waals surface area contributed by atoms with Crippen molar-refractivity contribution in [1.29, 1.82) is 0 Å². The number of nitrogens with one attached hydrogen (secondary N) is 2. The highest BCUT2D eigenvalue weighted by Gasteiger charge is 2.48. The fourth-order valence-corrected chi connectivity index (χ4v) is 4.36. The molecular formula is C28H27ClF4N4O4. The summed E-state index contributed by atoms with van der Waals surface area (Å²) >= 11 is 6.24. The quantitative estimate of drug-likeness (QED) is 0.233. The molecule has 41 heavy (non-hydrogen) atoms. The van der Waals surface area contributed by atoms with Crippen molar-refractivity contribution in [2.45, 2.75) is 51.9 Å². The van der Waals surface area contributed by atoms with Gasteiger partial charge >= 0.3 is 6.18 Å². The number of carbonyl (C=O) groups excluding carboxylic acids is 1. The van der Waals surface area contributed by atoms with E-state index in [1.807, 2.05) is 5.32 Å². The van der Waals surface area contributed by atoms with Gasteiger partial charge in [-0.1, -0.05) is 11.6 Å². The second-order valence-electron chi connectivity index (χ2n) is 10.8. The van der Waals surface area contributed by atoms with E-state index >= 15 is 0 Å². The summed E-state index contributed by atoms with van der Waals surface area (Å²) in [5, 5.41) is 12.8. The molecule has 0 saturated heterocycles. The van der Waals surface area contributed by atoms with E-state index in [4.69, 9.17) is 16.3 Å². The van der Waals surface area contributed by atoms with Gasteiger partial charge in [0.1, 0.15) is 22.6 Å². The van der Waals surface area contributed by atoms with E-state index < -0.39 is 34.6 Å². The molecule has 0 saturated carbocycles. The van der Waals surface area contributed by atoms with Crippen molar-refractivity contribution < 1.29 is 32.2 Å². The molecule has 1 amide bonds. The number of aromatic amines is 1. The number of halogens is 5. The average molecular weight is 595 g/mol. The van der Waals surface area contributed by atoms with Gasteiger partial charge in [0.2, 0.25) is 5.88 Å². The fourth-order valence-electron chi connectivity index (χ4n) is 4.07. The van der Waals surface area contributed by atoms with Crippen molar-refractivity contribution in [3.63, 3.8) is 0 Å². The Morgan fingerprint density at radius 1 is 1.12 bits per heavy atom. The SMILES string of the molecule is Cc1cc(F)cc(Cl)c1Oc1ncc(C(C)(C)O)cc1-c1cn(C)c(=O)c2[nH]c(C(=O)NC(C)(C)C(F)(F)F)cc12. The molecule has 8 nitrogen and oxygen atoms in total. The Morgan fingerprint density at radius 2 is 1.78 bits per heavy atom. The van der Waals surface area contributed by atoms with Crippen LogP contribution >= 0.6 is 11.6 Å². The van der Waals surface area contributed by atoms with Crippen LogP contribution in [0.4, 0.5) is 17.6 Å². The standard InChI is InChI=1S/C28H27ClF4N4O4/c1-13-7-15(30)9-19(29)22(13)41-24-17(8-14(11-34-24)26(2,3)40)18-12-37(6)25(39)21-16(18)10-20(35-21)23(38)36-27(4,5)28(31,32)33/h7-12,35,40H,1-6H3,(H,36,38). The van der Waals surface area contributed by atoms with E-state index in [0.717, 1.165) is 19.9 Å². The molecule has 13 heteroatoms. The molecule has 4 aromatic rings. The van der Waals surface area contributed by atoms with Crippen molar-refractivity contribution in [2.24, 2.45) is 7.05 Å². The van der Waals surface area contributed by atoms with Gasteiger partial charge in [-0.3, -0.25) is 9.59 Å². The molecule has 0 aliphatic rings. The molecule has 4 rings (SSSR count). The van der Waals surface area contributed by atoms with E-state index in [1.165, 1.54) is 50.0 Å². The molecule has 0 atom stereocenters. The molecule has 3 N–H and O–H groups in total. The van der Waals surface area contributed by atoms with Gasteiger partial charge in [-0.25, -0.2) is 9.37 Å². The van der Waals surface area contributed by atoms with Gasteiger partial charge in [0.25, 0.3) is 11.5 Å². The van der Waals surface area contributed by atoms with Gasteiger partial charge < -0.3 is 24.7 Å². The summed E-state index contributed by atoms with van der Waals surface area (Å²) in [6, 6.07) is 5.10. The molecule has 1 aromatic carbocycles. The number of alkyl halides is 3. The Kier molecular flexibility index (Phi) is 7.47. The molecule has 218 valence electrons. The molecule has 3 heterocycles. The van der Waals surface area contributed by atoms with Crippen molar-refractivity contribution in [3.8, 4) is 22.8 Å². The Bertz CT molecular complexity index is 1710. The molecule has 0 spiro atoms. The Morgan fingerprint density at radius 3 is 2.37 bits per heavy atom. The summed E-state index contributed by atoms with van der Waals surface area (Å²) in [6.45, 7) is 6.29. The predicted molar refractivity (Wildman–Crippen MR) is 146 cm³/mol. The second-order valence-corrected chi connectivity index (χ2v) is 11.2. The van der Waals surface area contributed by atoms with Crippen LogP contribution in [0.3, 0.4) is 0 Å². The zero-order valence-electron chi connectivity index (χ0n) is 22.9. The lowest BCUT2D eigenvalue weighted by Gasteiger charge is -2.28. The highest BCUT2D eigenvalue weighted by atomic mass is 35.5. The number of aryl methyl sites for hydroxylation is 2. The number of pyridine rings is 2. The van der Waals surface area contributed by atoms with Gasteiger partial charge in [-0.2, -0.15) is 13.2 Å². The van der Waals surface area contributed by atoms with E-state index in [9.17, 15) is 32.3 Å². The highest BCUT2D eigenvalue weighted by molar-refractivity contribution is 6.32. The number of hydrogen-bond acceptors (Lipinski definition) is 5. The average Bonchev–Trinajstić information content (AvgIpc) is 3.28. The Labute approximate surface area is 236 Å². The van der Waals surface area contributed by atoms with E-state index in [1.54, 1.807) is 13.0 Å². The maximum atomic E-state index is 13.9. The lowest BCUT2D eigenvalue weighted by molar-refractivity contribution is -0.182. The predicted octanol–water partition coefficient (Wildman–Crippen LogP) is 6.12. The molecule has 0 aliphatic heterocycles. The number of H-pyrrole nitrogens is 1. The molecular weight excluding hydrogens is 568 g/mol. The normalized spacial score (nSPS) is 12.6. The van der Waals surface area contributed by atoms with Crippen LogP contribution in [0.1, 0.15) is 49.3 Å². The number of fused-ring (bicyclic) bond motifs is 1. The topological polar surface area (TPSA) is 109 Å². The zero-order chi connectivity index (χ0) is 30.7. The number of amides is 1. The third-order valence-corrected chi connectivity index (χ3v) is 6.87. The Balaban J connectivity index is 1.94. The van der Waals surface area contributed by atoms with Crippen LogP contribution in [0.15, 0.2) is 41.5 Å². The number of hydrogen-bond donors (Lipinski definition) is 3. The molecule has 0 fully saturated rings. The van der Waals surface area contributed by atoms with Crippen molar-refractivity contribution in [1.82, 2.24) is 19.9 Å². The van der Waals surface area contributed by atoms with Gasteiger partial charge in [-0.05, 0) is 64.4 Å². The first-order valence-electron chi connectivity index (χ1n) is 12.3. The number of aromatic nitrogens is 3. The van der Waals surface area contributed by atoms with Crippen LogP contribution in [0, 0.1) is 12.7 Å². The van der Waals surface area contributed by atoms with Gasteiger partial charge in [0.05, 0.1) is 10.6 Å². The summed E-state index contributed by atoms with van der Waals surface area (Å²) in [5.74, 6) is -1.57. The van der Waals surface area contributed by atoms with Crippen LogP contribution in [0.5, 0.6) is 11.6 Å². The summed E-state index contributed by atoms with van der Waals surface area (Å²) in [4.78, 5) is 32.8. The summed E-state index contributed by atoms with van der Waals surface area (Å²) in [6.07, 6.45) is -1.91. The molecule has 0 bridgehead atoms. The molecule has 0 radical (unpaired) electrons. The molecule has 0 unspecified atom stereocenters. The first-order valence-corrected chi connectivity index (χ1v) is 12.7. The number of ether oxygens (including phenoxy) is 1. The summed E-state index contributed by atoms with van der Waals surface area (Å²) in [5.41, 5.74) is -3.50. The number of benzene rings is 1. The monoisotopic (exact) mass is 594 g/mol. The number of carbonyl (C=O) groups is 1. The zero-order valence-corrected chi connectivity index (χ0v) is 23.7. The van der Waals surface area contributed by atoms with Crippen LogP contribution in [-0.2, 0) is 12.6 Å². The third kappa shape index (κ3) is 5.80. The van der Waals surface area contributed by atoms with Crippen LogP contribution in [-0.4, -0.2) is 37.3 Å². The maximum absolute atomic E-state index is 13.9. The number of aliphatic hydroxyl groups is 1. The number of nitrogens with zero attached hydrogens (tertiary/aromatic N) is 2. The minimum Gasteiger partial charge on any atom is -0.437 e. The van der Waals surface area contributed by atoms with Gasteiger partial charge in [-0.15, -0.1) is 0 Å². The minimum atomic E-state index is -4.73. The van der Waals surface area contributed by atoms with Crippen LogP contribution in [0.25, 0.3) is 22.0 Å². The largest absolute Gasteiger partial charge is 0.437 e. The summed E-state index contributed by atoms with van der Waals surface area (Å²) < 4.78 is 61.3. The van der Waals surface area contributed by atoms with E-state index in [2.05, 4.69) is 9.97 Å². The maximum Gasteiger partial charge on any atom is 0.410 e. The lowest BCUT2D eigenvalue weighted by atomic mass is 9.96. The van der Waals surface area contributed by atoms with Crippen molar-refractivity contribution >= 4 is 28.4 Å². The Hall–Kier alpha value is -3.90. The second kappa shape index (κ2) is 10.2. The lowest BCUT2D eigenvalue weighted by Crippen LogP contribution is -2.54. The van der Waals surface area contributed by atoms with Crippen LogP contribution < -0.4 is 15.6 Å². The molecule has 3 aromatic heterocycles.